The van der Waals surface area contributed by atoms with Crippen LogP contribution in [0.25, 0.3) is 0 Å². The van der Waals surface area contributed by atoms with Gasteiger partial charge in [-0.05, 0) is 30.3 Å². The molecule has 180 valence electrons. The molecule has 0 saturated carbocycles. The van der Waals surface area contributed by atoms with Gasteiger partial charge in [0.05, 0.1) is 35.8 Å². The van der Waals surface area contributed by atoms with Crippen molar-refractivity contribution in [2.45, 2.75) is 0 Å². The van der Waals surface area contributed by atoms with Gasteiger partial charge < -0.3 is 14.8 Å². The fourth-order valence-corrected chi connectivity index (χ4v) is 2.87. The molecule has 0 aliphatic carbocycles. The third-order valence-electron chi connectivity index (χ3n) is 4.46. The molecule has 0 saturated heterocycles. The van der Waals surface area contributed by atoms with Crippen LogP contribution < -0.4 is 16.2 Å². The predicted molar refractivity (Wildman–Crippen MR) is 119 cm³/mol. The molecule has 0 atom stereocenters. The van der Waals surface area contributed by atoms with Crippen molar-refractivity contribution in [2.24, 2.45) is 0 Å². The van der Waals surface area contributed by atoms with Crippen molar-refractivity contribution >= 4 is 40.9 Å². The number of nitro groups is 1. The number of halogens is 1. The Labute approximate surface area is 196 Å². The molecule has 1 heterocycles. The minimum atomic E-state index is -0.904. The zero-order chi connectivity index (χ0) is 25.5. The highest BCUT2D eigenvalue weighted by atomic mass is 19.1. The first kappa shape index (κ1) is 24.5. The van der Waals surface area contributed by atoms with Gasteiger partial charge >= 0.3 is 17.6 Å². The number of nitrogens with zero attached hydrogens (tertiary/aromatic N) is 3. The maximum absolute atomic E-state index is 13.8. The van der Waals surface area contributed by atoms with Crippen molar-refractivity contribution in [1.29, 1.82) is 0 Å². The molecule has 3 aromatic rings. The number of hydrogen-bond acceptors (Lipinski definition) is 11. The number of anilines is 3. The Balaban J connectivity index is 1.94. The van der Waals surface area contributed by atoms with Gasteiger partial charge in [0.1, 0.15) is 12.1 Å². The van der Waals surface area contributed by atoms with E-state index >= 15 is 0 Å². The van der Waals surface area contributed by atoms with Crippen LogP contribution in [0.5, 0.6) is 0 Å². The van der Waals surface area contributed by atoms with E-state index in [4.69, 9.17) is 0 Å². The Hall–Kier alpha value is -5.14. The van der Waals surface area contributed by atoms with Crippen LogP contribution in [0.1, 0.15) is 31.1 Å². The third-order valence-corrected chi connectivity index (χ3v) is 4.46. The van der Waals surface area contributed by atoms with E-state index < -0.39 is 40.1 Å². The van der Waals surface area contributed by atoms with Gasteiger partial charge in [0, 0.05) is 5.69 Å². The SMILES string of the molecule is COC(=O)c1cc(Nc2ncnc(NNC(=O)c3ccccc3F)c2[N+](=O)[O-])cc(C(=O)OC)c1. The van der Waals surface area contributed by atoms with E-state index in [-0.39, 0.29) is 28.2 Å². The monoisotopic (exact) mass is 484 g/mol. The van der Waals surface area contributed by atoms with E-state index in [1.807, 2.05) is 0 Å². The van der Waals surface area contributed by atoms with E-state index in [2.05, 4.69) is 35.6 Å². The zero-order valence-electron chi connectivity index (χ0n) is 18.2. The highest BCUT2D eigenvalue weighted by Crippen LogP contribution is 2.31. The van der Waals surface area contributed by atoms with Gasteiger partial charge in [-0.15, -0.1) is 0 Å². The van der Waals surface area contributed by atoms with Crippen molar-refractivity contribution in [3.05, 3.63) is 81.4 Å². The highest BCUT2D eigenvalue weighted by Gasteiger charge is 2.25. The Morgan fingerprint density at radius 3 is 2.14 bits per heavy atom. The average Bonchev–Trinajstić information content (AvgIpc) is 2.86. The Kier molecular flexibility index (Phi) is 7.46. The summed E-state index contributed by atoms with van der Waals surface area (Å²) in [5, 5.41) is 14.4. The third kappa shape index (κ3) is 5.62. The fourth-order valence-electron chi connectivity index (χ4n) is 2.87. The number of hydrogen-bond donors (Lipinski definition) is 3. The number of carbonyl (C=O) groups is 3. The van der Waals surface area contributed by atoms with Crippen LogP contribution in [0.2, 0.25) is 0 Å². The molecule has 0 unspecified atom stereocenters. The minimum Gasteiger partial charge on any atom is -0.465 e. The molecule has 13 nitrogen and oxygen atoms in total. The standard InChI is InChI=1S/C21H17FN6O7/c1-34-20(30)11-7-12(21(31)35-2)9-13(8-11)25-17-16(28(32)33)18(24-10-23-17)26-27-19(29)14-5-3-4-6-15(14)22/h3-10H,1-2H3,(H,27,29)(H2,23,24,25,26). The molecule has 2 aromatic carbocycles. The number of amides is 1. The van der Waals surface area contributed by atoms with E-state index in [1.54, 1.807) is 0 Å². The topological polar surface area (TPSA) is 175 Å². The highest BCUT2D eigenvalue weighted by molar-refractivity contribution is 5.97. The molecule has 0 radical (unpaired) electrons. The molecular weight excluding hydrogens is 467 g/mol. The van der Waals surface area contributed by atoms with Crippen LogP contribution in [0.4, 0.5) is 27.4 Å². The van der Waals surface area contributed by atoms with Crippen molar-refractivity contribution in [1.82, 2.24) is 15.4 Å². The maximum Gasteiger partial charge on any atom is 0.355 e. The van der Waals surface area contributed by atoms with E-state index in [1.165, 1.54) is 36.4 Å². The molecular formula is C21H17FN6O7. The molecule has 1 aromatic heterocycles. The summed E-state index contributed by atoms with van der Waals surface area (Å²) in [6.45, 7) is 0. The smallest absolute Gasteiger partial charge is 0.355 e. The van der Waals surface area contributed by atoms with Gasteiger partial charge in [-0.2, -0.15) is 0 Å². The zero-order valence-corrected chi connectivity index (χ0v) is 18.2. The summed E-state index contributed by atoms with van der Waals surface area (Å²) in [7, 11) is 2.28. The summed E-state index contributed by atoms with van der Waals surface area (Å²) < 4.78 is 23.1. The number of benzene rings is 2. The number of esters is 2. The van der Waals surface area contributed by atoms with Crippen LogP contribution in [0.3, 0.4) is 0 Å². The van der Waals surface area contributed by atoms with Crippen LogP contribution in [0.15, 0.2) is 48.8 Å². The lowest BCUT2D eigenvalue weighted by atomic mass is 10.1. The molecule has 0 spiro atoms. The van der Waals surface area contributed by atoms with Crippen molar-refractivity contribution in [2.75, 3.05) is 25.0 Å². The maximum atomic E-state index is 13.8. The Morgan fingerprint density at radius 2 is 1.57 bits per heavy atom. The molecule has 0 aliphatic rings. The lowest BCUT2D eigenvalue weighted by Crippen LogP contribution is -2.31. The van der Waals surface area contributed by atoms with Gasteiger partial charge in [-0.3, -0.25) is 25.8 Å². The first-order valence-electron chi connectivity index (χ1n) is 9.64. The summed E-state index contributed by atoms with van der Waals surface area (Å²) in [5.74, 6) is -4.00. The van der Waals surface area contributed by atoms with Crippen LogP contribution in [-0.4, -0.2) is 47.0 Å². The van der Waals surface area contributed by atoms with E-state index in [0.717, 1.165) is 26.6 Å². The van der Waals surface area contributed by atoms with Gasteiger partial charge in [0.25, 0.3) is 5.91 Å². The number of carbonyl (C=O) groups excluding carboxylic acids is 3. The molecule has 1 amide bonds. The van der Waals surface area contributed by atoms with E-state index in [9.17, 15) is 28.9 Å². The summed E-state index contributed by atoms with van der Waals surface area (Å²) in [5.41, 5.74) is 3.41. The first-order chi connectivity index (χ1) is 16.7. The summed E-state index contributed by atoms with van der Waals surface area (Å²) in [4.78, 5) is 54.7. The number of aromatic nitrogens is 2. The van der Waals surface area contributed by atoms with Crippen LogP contribution in [0, 0.1) is 15.9 Å². The summed E-state index contributed by atoms with van der Waals surface area (Å²) >= 11 is 0. The molecule has 0 fully saturated rings. The first-order valence-corrected chi connectivity index (χ1v) is 9.64. The number of nitrogens with one attached hydrogen (secondary N) is 3. The molecule has 3 N–H and O–H groups in total. The van der Waals surface area contributed by atoms with Gasteiger partial charge in [0.15, 0.2) is 0 Å². The predicted octanol–water partition coefficient (Wildman–Crippen LogP) is 2.60. The normalized spacial score (nSPS) is 10.1. The lowest BCUT2D eigenvalue weighted by Gasteiger charge is -2.12. The fraction of sp³-hybridized carbons (Fsp3) is 0.0952. The van der Waals surface area contributed by atoms with Gasteiger partial charge in [-0.1, -0.05) is 12.1 Å². The van der Waals surface area contributed by atoms with Crippen LogP contribution >= 0.6 is 0 Å². The van der Waals surface area contributed by atoms with E-state index in [0.29, 0.717) is 0 Å². The molecule has 3 rings (SSSR count). The van der Waals surface area contributed by atoms with Crippen LogP contribution in [-0.2, 0) is 9.47 Å². The number of hydrazine groups is 1. The minimum absolute atomic E-state index is 0.0369. The Bertz CT molecular complexity index is 1280. The molecule has 0 bridgehead atoms. The number of methoxy groups -OCH3 is 2. The second-order valence-electron chi connectivity index (χ2n) is 6.64. The lowest BCUT2D eigenvalue weighted by molar-refractivity contribution is -0.383. The molecule has 14 heteroatoms. The average molecular weight is 484 g/mol. The number of ether oxygens (including phenoxy) is 2. The number of rotatable bonds is 8. The quantitative estimate of drug-likeness (QED) is 0.243. The largest absolute Gasteiger partial charge is 0.465 e. The molecule has 0 aliphatic heterocycles. The van der Waals surface area contributed by atoms with Crippen molar-refractivity contribution in [3.63, 3.8) is 0 Å². The second-order valence-corrected chi connectivity index (χ2v) is 6.64. The summed E-state index contributed by atoms with van der Waals surface area (Å²) in [6.07, 6.45) is 0.957. The molecule has 35 heavy (non-hydrogen) atoms. The Morgan fingerprint density at radius 1 is 0.971 bits per heavy atom. The van der Waals surface area contributed by atoms with Gasteiger partial charge in [-0.25, -0.2) is 23.9 Å². The second kappa shape index (κ2) is 10.7. The van der Waals surface area contributed by atoms with Gasteiger partial charge in [0.2, 0.25) is 11.6 Å². The van der Waals surface area contributed by atoms with Crippen molar-refractivity contribution in [3.8, 4) is 0 Å². The van der Waals surface area contributed by atoms with Crippen molar-refractivity contribution < 1.29 is 33.2 Å². The summed E-state index contributed by atoms with van der Waals surface area (Å²) in [6, 6.07) is 8.92.